The molecule has 12 nitrogen and oxygen atoms in total. The number of hydrogen-bond acceptors (Lipinski definition) is 12. The summed E-state index contributed by atoms with van der Waals surface area (Å²) in [6.07, 6.45) is -13.1. The first kappa shape index (κ1) is 24.4. The highest BCUT2D eigenvalue weighted by atomic mass is 16.7. The van der Waals surface area contributed by atoms with Crippen molar-refractivity contribution in [1.29, 1.82) is 0 Å². The molecule has 0 aromatic heterocycles. The van der Waals surface area contributed by atoms with Gasteiger partial charge in [0, 0.05) is 20.8 Å². The van der Waals surface area contributed by atoms with Crippen molar-refractivity contribution in [2.75, 3.05) is 0 Å². The lowest BCUT2D eigenvalue weighted by Crippen LogP contribution is -2.64. The molecule has 6 unspecified atom stereocenters. The van der Waals surface area contributed by atoms with Gasteiger partial charge in [0.2, 0.25) is 0 Å². The van der Waals surface area contributed by atoms with Gasteiger partial charge in [0.05, 0.1) is 12.2 Å². The highest BCUT2D eigenvalue weighted by molar-refractivity contribution is 5.68. The van der Waals surface area contributed by atoms with Gasteiger partial charge in [0.15, 0.2) is 30.9 Å². The van der Waals surface area contributed by atoms with Crippen LogP contribution in [0.5, 0.6) is 0 Å². The minimum Gasteiger partial charge on any atom is -0.456 e. The van der Waals surface area contributed by atoms with Gasteiger partial charge in [-0.2, -0.15) is 0 Å². The monoisotopic (exact) mass is 436 g/mol. The summed E-state index contributed by atoms with van der Waals surface area (Å²) in [6.45, 7) is 6.35. The van der Waals surface area contributed by atoms with E-state index >= 15 is 0 Å². The zero-order valence-electron chi connectivity index (χ0n) is 17.3. The molecule has 2 aliphatic heterocycles. The van der Waals surface area contributed by atoms with Gasteiger partial charge in [0.1, 0.15) is 18.3 Å². The van der Waals surface area contributed by atoms with Gasteiger partial charge in [-0.3, -0.25) is 14.4 Å². The largest absolute Gasteiger partial charge is 0.456 e. The summed E-state index contributed by atoms with van der Waals surface area (Å²) in [5.41, 5.74) is 0. The maximum atomic E-state index is 11.7. The average molecular weight is 436 g/mol. The van der Waals surface area contributed by atoms with Crippen LogP contribution in [0.4, 0.5) is 0 Å². The highest BCUT2D eigenvalue weighted by Gasteiger charge is 2.53. The first-order valence-electron chi connectivity index (χ1n) is 9.44. The Morgan fingerprint density at radius 1 is 0.667 bits per heavy atom. The Morgan fingerprint density at radius 3 is 1.70 bits per heavy atom. The van der Waals surface area contributed by atoms with Crippen LogP contribution in [0.15, 0.2) is 0 Å². The zero-order valence-corrected chi connectivity index (χ0v) is 17.3. The summed E-state index contributed by atoms with van der Waals surface area (Å²) in [5.74, 6) is -2.19. The predicted octanol–water partition coefficient (Wildman–Crippen LogP) is -1.63. The second kappa shape index (κ2) is 9.98. The summed E-state index contributed by atoms with van der Waals surface area (Å²) in [4.78, 5) is 34.8. The van der Waals surface area contributed by atoms with Crippen molar-refractivity contribution in [1.82, 2.24) is 0 Å². The Kier molecular flexibility index (Phi) is 8.13. The van der Waals surface area contributed by atoms with Crippen LogP contribution in [0.1, 0.15) is 34.6 Å². The molecule has 2 heterocycles. The molecule has 2 saturated heterocycles. The van der Waals surface area contributed by atoms with Gasteiger partial charge in [-0.15, -0.1) is 0 Å². The number of ether oxygens (including phenoxy) is 6. The van der Waals surface area contributed by atoms with Crippen LogP contribution >= 0.6 is 0 Å². The molecule has 0 aromatic rings. The van der Waals surface area contributed by atoms with Crippen LogP contribution in [-0.2, 0) is 42.8 Å². The van der Waals surface area contributed by atoms with E-state index < -0.39 is 79.3 Å². The lowest BCUT2D eigenvalue weighted by Gasteiger charge is -2.46. The van der Waals surface area contributed by atoms with E-state index in [-0.39, 0.29) is 0 Å². The summed E-state index contributed by atoms with van der Waals surface area (Å²) < 4.78 is 32.0. The van der Waals surface area contributed by atoms with Crippen LogP contribution in [0.25, 0.3) is 0 Å². The van der Waals surface area contributed by atoms with E-state index in [2.05, 4.69) is 0 Å². The normalized spacial score (nSPS) is 41.6. The first-order valence-corrected chi connectivity index (χ1v) is 9.44. The SMILES string of the molecule is CC(=O)OC1C(OC(C)=O)[C@@H](OC(C)=O)C(C)O[C@H]1OC1C(O)[C@H](O)OC(C)[C@@H]1O. The fourth-order valence-electron chi connectivity index (χ4n) is 3.41. The molecule has 0 amide bonds. The molecule has 3 N–H and O–H groups in total. The molecular weight excluding hydrogens is 408 g/mol. The summed E-state index contributed by atoms with van der Waals surface area (Å²) >= 11 is 0. The van der Waals surface area contributed by atoms with Crippen molar-refractivity contribution in [3.05, 3.63) is 0 Å². The number of rotatable bonds is 5. The van der Waals surface area contributed by atoms with Gasteiger partial charge in [-0.25, -0.2) is 0 Å². The smallest absolute Gasteiger partial charge is 0.303 e. The van der Waals surface area contributed by atoms with Crippen LogP contribution in [0.2, 0.25) is 0 Å². The molecule has 0 saturated carbocycles. The van der Waals surface area contributed by atoms with Crippen molar-refractivity contribution >= 4 is 17.9 Å². The fourth-order valence-corrected chi connectivity index (χ4v) is 3.41. The van der Waals surface area contributed by atoms with E-state index in [0.29, 0.717) is 0 Å². The van der Waals surface area contributed by atoms with Gasteiger partial charge in [0.25, 0.3) is 0 Å². The molecule has 2 fully saturated rings. The predicted molar refractivity (Wildman–Crippen MR) is 94.4 cm³/mol. The molecule has 2 rings (SSSR count). The van der Waals surface area contributed by atoms with Crippen LogP contribution in [-0.4, -0.2) is 94.6 Å². The lowest BCUT2D eigenvalue weighted by atomic mass is 9.97. The third kappa shape index (κ3) is 5.65. The standard InChI is InChI=1S/C18H28O12/c1-6-11(22)14(12(23)17(24)25-6)30-18-16(29-10(5)21)15(28-9(4)20)13(7(2)26-18)27-8(3)19/h6-7,11-18,22-24H,1-5H3/t6?,7?,11-,12?,13-,14?,15?,16?,17+,18-/m0/s1. The van der Waals surface area contributed by atoms with Crippen molar-refractivity contribution in [3.63, 3.8) is 0 Å². The molecule has 12 heteroatoms. The number of aliphatic hydroxyl groups is 3. The number of hydrogen-bond donors (Lipinski definition) is 3. The molecule has 30 heavy (non-hydrogen) atoms. The third-order valence-corrected chi connectivity index (χ3v) is 4.73. The molecule has 0 aromatic carbocycles. The van der Waals surface area contributed by atoms with Gasteiger partial charge >= 0.3 is 17.9 Å². The van der Waals surface area contributed by atoms with Gasteiger partial charge in [-0.05, 0) is 13.8 Å². The molecule has 0 aliphatic carbocycles. The van der Waals surface area contributed by atoms with Gasteiger partial charge < -0.3 is 43.7 Å². The molecule has 0 bridgehead atoms. The molecule has 2 aliphatic rings. The van der Waals surface area contributed by atoms with Crippen molar-refractivity contribution in [2.45, 2.75) is 96.0 Å². The lowest BCUT2D eigenvalue weighted by molar-refractivity contribution is -0.350. The number of carbonyl (C=O) groups excluding carboxylic acids is 3. The number of esters is 3. The van der Waals surface area contributed by atoms with Crippen LogP contribution < -0.4 is 0 Å². The molecule has 0 spiro atoms. The molecular formula is C18H28O12. The Hall–Kier alpha value is -1.83. The Bertz CT molecular complexity index is 625. The van der Waals surface area contributed by atoms with Crippen molar-refractivity contribution < 1.29 is 58.1 Å². The van der Waals surface area contributed by atoms with Crippen LogP contribution in [0.3, 0.4) is 0 Å². The summed E-state index contributed by atoms with van der Waals surface area (Å²) in [7, 11) is 0. The Morgan fingerprint density at radius 2 is 1.17 bits per heavy atom. The first-order chi connectivity index (χ1) is 13.9. The van der Waals surface area contributed by atoms with E-state index in [9.17, 15) is 29.7 Å². The van der Waals surface area contributed by atoms with E-state index in [1.165, 1.54) is 13.8 Å². The number of aliphatic hydroxyl groups excluding tert-OH is 3. The van der Waals surface area contributed by atoms with Crippen LogP contribution in [0, 0.1) is 0 Å². The summed E-state index contributed by atoms with van der Waals surface area (Å²) in [5, 5.41) is 30.4. The van der Waals surface area contributed by atoms with E-state index in [0.717, 1.165) is 20.8 Å². The van der Waals surface area contributed by atoms with E-state index in [1.54, 1.807) is 0 Å². The average Bonchev–Trinajstić information content (AvgIpc) is 2.62. The van der Waals surface area contributed by atoms with E-state index in [4.69, 9.17) is 28.4 Å². The minimum absolute atomic E-state index is 0.680. The van der Waals surface area contributed by atoms with Crippen molar-refractivity contribution in [2.24, 2.45) is 0 Å². The fraction of sp³-hybridized carbons (Fsp3) is 0.833. The zero-order chi connectivity index (χ0) is 22.7. The second-order valence-electron chi connectivity index (χ2n) is 7.25. The third-order valence-electron chi connectivity index (χ3n) is 4.73. The second-order valence-corrected chi connectivity index (χ2v) is 7.25. The highest BCUT2D eigenvalue weighted by Crippen LogP contribution is 2.32. The Labute approximate surface area is 172 Å². The quantitative estimate of drug-likeness (QED) is 0.333. The maximum absolute atomic E-state index is 11.7. The maximum Gasteiger partial charge on any atom is 0.303 e. The minimum atomic E-state index is -1.65. The van der Waals surface area contributed by atoms with Crippen molar-refractivity contribution in [3.8, 4) is 0 Å². The topological polar surface area (TPSA) is 167 Å². The molecule has 0 radical (unpaired) electrons. The summed E-state index contributed by atoms with van der Waals surface area (Å²) in [6, 6.07) is 0. The van der Waals surface area contributed by atoms with Gasteiger partial charge in [-0.1, -0.05) is 0 Å². The van der Waals surface area contributed by atoms with E-state index in [1.807, 2.05) is 0 Å². The number of carbonyl (C=O) groups is 3. The molecule has 10 atom stereocenters. The Balaban J connectivity index is 2.35. The molecule has 172 valence electrons.